The van der Waals surface area contributed by atoms with Gasteiger partial charge in [-0.1, -0.05) is 0 Å². The third-order valence-electron chi connectivity index (χ3n) is 2.28. The van der Waals surface area contributed by atoms with Gasteiger partial charge in [0.25, 0.3) is 0 Å². The summed E-state index contributed by atoms with van der Waals surface area (Å²) in [5.74, 6) is -0.319. The van der Waals surface area contributed by atoms with Gasteiger partial charge in [0.05, 0.1) is 19.3 Å². The third-order valence-corrected chi connectivity index (χ3v) is 2.28. The van der Waals surface area contributed by atoms with Crippen LogP contribution in [0, 0.1) is 0 Å². The molecule has 0 saturated carbocycles. The van der Waals surface area contributed by atoms with Gasteiger partial charge in [0, 0.05) is 27.7 Å². The van der Waals surface area contributed by atoms with E-state index in [1.54, 1.807) is 21.2 Å². The molecule has 0 atom stereocenters. The molecule has 0 aliphatic carbocycles. The Hall–Kier alpha value is -1.14. The highest BCUT2D eigenvalue weighted by Gasteiger charge is 2.18. The number of amides is 2. The number of carbonyl (C=O) groups excluding carboxylic acids is 2. The first-order valence-electron chi connectivity index (χ1n) is 5.97. The zero-order chi connectivity index (χ0) is 14.1. The molecular formula is C12H24N2O4. The van der Waals surface area contributed by atoms with Gasteiger partial charge in [-0.15, -0.1) is 0 Å². The summed E-state index contributed by atoms with van der Waals surface area (Å²) in [7, 11) is 4.87. The van der Waals surface area contributed by atoms with E-state index in [2.05, 4.69) is 0 Å². The van der Waals surface area contributed by atoms with Crippen LogP contribution in [-0.4, -0.2) is 75.2 Å². The average molecular weight is 260 g/mol. The zero-order valence-corrected chi connectivity index (χ0v) is 11.9. The highest BCUT2D eigenvalue weighted by atomic mass is 16.5. The summed E-state index contributed by atoms with van der Waals surface area (Å²) in [6, 6.07) is 0. The van der Waals surface area contributed by atoms with Crippen molar-refractivity contribution in [2.24, 2.45) is 0 Å². The van der Waals surface area contributed by atoms with E-state index in [4.69, 9.17) is 9.47 Å². The van der Waals surface area contributed by atoms with Gasteiger partial charge >= 0.3 is 0 Å². The first-order valence-corrected chi connectivity index (χ1v) is 5.97. The number of carbonyl (C=O) groups is 2. The van der Waals surface area contributed by atoms with Gasteiger partial charge in [-0.3, -0.25) is 9.59 Å². The van der Waals surface area contributed by atoms with Gasteiger partial charge in [0.15, 0.2) is 0 Å². The van der Waals surface area contributed by atoms with Crippen molar-refractivity contribution in [2.75, 3.05) is 47.5 Å². The molecule has 0 aromatic heterocycles. The molecule has 0 aliphatic heterocycles. The van der Waals surface area contributed by atoms with E-state index in [1.165, 1.54) is 9.80 Å². The van der Waals surface area contributed by atoms with E-state index in [0.29, 0.717) is 13.2 Å². The summed E-state index contributed by atoms with van der Waals surface area (Å²) in [4.78, 5) is 26.4. The third kappa shape index (κ3) is 7.24. The molecule has 0 aliphatic rings. The lowest BCUT2D eigenvalue weighted by molar-refractivity contribution is -0.143. The smallest absolute Gasteiger partial charge is 0.249 e. The predicted octanol–water partition coefficient (Wildman–Crippen LogP) is -0.0254. The lowest BCUT2D eigenvalue weighted by atomic mass is 10.4. The molecule has 0 spiro atoms. The molecule has 18 heavy (non-hydrogen) atoms. The number of methoxy groups -OCH3 is 1. The van der Waals surface area contributed by atoms with Crippen LogP contribution >= 0.6 is 0 Å². The van der Waals surface area contributed by atoms with Crippen molar-refractivity contribution in [2.45, 2.75) is 20.0 Å². The minimum Gasteiger partial charge on any atom is -0.383 e. The maximum atomic E-state index is 11.9. The van der Waals surface area contributed by atoms with Crippen molar-refractivity contribution in [3.63, 3.8) is 0 Å². The van der Waals surface area contributed by atoms with Crippen molar-refractivity contribution in [1.82, 2.24) is 9.80 Å². The zero-order valence-electron chi connectivity index (χ0n) is 11.9. The predicted molar refractivity (Wildman–Crippen MR) is 68.2 cm³/mol. The maximum Gasteiger partial charge on any atom is 0.249 e. The fraction of sp³-hybridized carbons (Fsp3) is 0.833. The topological polar surface area (TPSA) is 59.1 Å². The lowest BCUT2D eigenvalue weighted by Gasteiger charge is -2.23. The quantitative estimate of drug-likeness (QED) is 0.615. The van der Waals surface area contributed by atoms with Gasteiger partial charge in [-0.05, 0) is 13.8 Å². The van der Waals surface area contributed by atoms with Gasteiger partial charge in [-0.2, -0.15) is 0 Å². The molecule has 6 heteroatoms. The largest absolute Gasteiger partial charge is 0.383 e. The van der Waals surface area contributed by atoms with Crippen LogP contribution in [0.1, 0.15) is 13.8 Å². The summed E-state index contributed by atoms with van der Waals surface area (Å²) >= 11 is 0. The molecule has 0 radical (unpaired) electrons. The van der Waals surface area contributed by atoms with Crippen LogP contribution in [0.4, 0.5) is 0 Å². The summed E-state index contributed by atoms with van der Waals surface area (Å²) in [6.45, 7) is 4.54. The standard InChI is InChI=1S/C12H24N2O4/c1-10(2)18-9-12(16)14(6-7-17-5)8-11(15)13(3)4/h10H,6-9H2,1-5H3. The lowest BCUT2D eigenvalue weighted by Crippen LogP contribution is -2.43. The van der Waals surface area contributed by atoms with Crippen molar-refractivity contribution < 1.29 is 19.1 Å². The number of hydrogen-bond acceptors (Lipinski definition) is 4. The Kier molecular flexibility index (Phi) is 8.32. The molecule has 0 N–H and O–H groups in total. The van der Waals surface area contributed by atoms with Crippen LogP contribution in [0.15, 0.2) is 0 Å². The molecule has 6 nitrogen and oxygen atoms in total. The number of nitrogens with zero attached hydrogens (tertiary/aromatic N) is 2. The van der Waals surface area contributed by atoms with Crippen molar-refractivity contribution in [1.29, 1.82) is 0 Å². The van der Waals surface area contributed by atoms with Gasteiger partial charge in [-0.25, -0.2) is 0 Å². The summed E-state index contributed by atoms with van der Waals surface area (Å²) in [5.41, 5.74) is 0. The van der Waals surface area contributed by atoms with E-state index in [0.717, 1.165) is 0 Å². The highest BCUT2D eigenvalue weighted by Crippen LogP contribution is 1.96. The molecule has 0 aromatic carbocycles. The fourth-order valence-corrected chi connectivity index (χ4v) is 1.13. The molecule has 106 valence electrons. The van der Waals surface area contributed by atoms with E-state index < -0.39 is 0 Å². The molecule has 0 rings (SSSR count). The highest BCUT2D eigenvalue weighted by molar-refractivity contribution is 5.85. The monoisotopic (exact) mass is 260 g/mol. The second-order valence-electron chi connectivity index (χ2n) is 4.46. The van der Waals surface area contributed by atoms with Crippen LogP contribution in [0.2, 0.25) is 0 Å². The van der Waals surface area contributed by atoms with Gasteiger partial charge in [0.2, 0.25) is 11.8 Å². The van der Waals surface area contributed by atoms with Crippen LogP contribution < -0.4 is 0 Å². The Morgan fingerprint density at radius 2 is 1.78 bits per heavy atom. The fourth-order valence-electron chi connectivity index (χ4n) is 1.13. The second kappa shape index (κ2) is 8.88. The Balaban J connectivity index is 4.36. The molecule has 0 bridgehead atoms. The van der Waals surface area contributed by atoms with Crippen LogP contribution in [0.25, 0.3) is 0 Å². The normalized spacial score (nSPS) is 10.6. The molecular weight excluding hydrogens is 236 g/mol. The SMILES string of the molecule is COCCN(CC(=O)N(C)C)C(=O)COC(C)C. The van der Waals surface area contributed by atoms with E-state index >= 15 is 0 Å². The van der Waals surface area contributed by atoms with Gasteiger partial charge in [0.1, 0.15) is 6.61 Å². The minimum absolute atomic E-state index is 0.0113. The molecule has 2 amide bonds. The van der Waals surface area contributed by atoms with Crippen LogP contribution in [0.5, 0.6) is 0 Å². The number of hydrogen-bond donors (Lipinski definition) is 0. The first kappa shape index (κ1) is 16.9. The van der Waals surface area contributed by atoms with Crippen LogP contribution in [-0.2, 0) is 19.1 Å². The number of rotatable bonds is 8. The summed E-state index contributed by atoms with van der Waals surface area (Å²) in [6.07, 6.45) is -0.0113. The van der Waals surface area contributed by atoms with Crippen molar-refractivity contribution >= 4 is 11.8 Å². The number of ether oxygens (including phenoxy) is 2. The van der Waals surface area contributed by atoms with E-state index in [-0.39, 0.29) is 31.1 Å². The maximum absolute atomic E-state index is 11.9. The molecule has 0 unspecified atom stereocenters. The first-order chi connectivity index (χ1) is 8.38. The Morgan fingerprint density at radius 1 is 1.17 bits per heavy atom. The summed E-state index contributed by atoms with van der Waals surface area (Å²) in [5, 5.41) is 0. The van der Waals surface area contributed by atoms with E-state index in [9.17, 15) is 9.59 Å². The molecule has 0 fully saturated rings. The Morgan fingerprint density at radius 3 is 2.22 bits per heavy atom. The number of likely N-dealkylation sites (N-methyl/N-ethyl adjacent to an activating group) is 1. The summed E-state index contributed by atoms with van der Waals surface area (Å²) < 4.78 is 10.2. The van der Waals surface area contributed by atoms with Crippen molar-refractivity contribution in [3.05, 3.63) is 0 Å². The van der Waals surface area contributed by atoms with Crippen LogP contribution in [0.3, 0.4) is 0 Å². The van der Waals surface area contributed by atoms with Crippen molar-refractivity contribution in [3.8, 4) is 0 Å². The molecule has 0 saturated heterocycles. The Bertz CT molecular complexity index is 267. The molecule has 0 aromatic rings. The minimum atomic E-state index is -0.198. The molecule has 0 heterocycles. The van der Waals surface area contributed by atoms with E-state index in [1.807, 2.05) is 13.8 Å². The average Bonchev–Trinajstić information content (AvgIpc) is 2.30. The Labute approximate surface area is 109 Å². The van der Waals surface area contributed by atoms with Gasteiger partial charge < -0.3 is 19.3 Å². The second-order valence-corrected chi connectivity index (χ2v) is 4.46.